The number of carbonyl (C=O) groups is 2. The van der Waals surface area contributed by atoms with Crippen molar-refractivity contribution in [1.29, 1.82) is 0 Å². The van der Waals surface area contributed by atoms with Crippen molar-refractivity contribution < 1.29 is 9.59 Å². The molecule has 1 N–H and O–H groups in total. The lowest BCUT2D eigenvalue weighted by molar-refractivity contribution is -0.134. The number of nitrogens with one attached hydrogen (secondary N) is 1. The van der Waals surface area contributed by atoms with Gasteiger partial charge in [-0.1, -0.05) is 54.6 Å². The van der Waals surface area contributed by atoms with Crippen LogP contribution in [0.3, 0.4) is 0 Å². The Morgan fingerprint density at radius 3 is 2.48 bits per heavy atom. The first-order valence-corrected chi connectivity index (χ1v) is 9.81. The van der Waals surface area contributed by atoms with Crippen molar-refractivity contribution >= 4 is 11.8 Å². The van der Waals surface area contributed by atoms with Gasteiger partial charge in [0.1, 0.15) is 6.04 Å². The predicted molar refractivity (Wildman–Crippen MR) is 111 cm³/mol. The third kappa shape index (κ3) is 4.51. The van der Waals surface area contributed by atoms with E-state index in [1.165, 1.54) is 17.3 Å². The van der Waals surface area contributed by atoms with Crippen molar-refractivity contribution in [2.24, 2.45) is 0 Å². The molecule has 0 aliphatic carbocycles. The van der Waals surface area contributed by atoms with Crippen molar-refractivity contribution in [3.05, 3.63) is 101 Å². The van der Waals surface area contributed by atoms with Gasteiger partial charge in [-0.05, 0) is 35.2 Å². The van der Waals surface area contributed by atoms with Crippen LogP contribution in [0.2, 0.25) is 0 Å². The Morgan fingerprint density at radius 1 is 0.966 bits per heavy atom. The molecule has 0 bridgehead atoms. The Bertz CT molecular complexity index is 989. The molecule has 0 saturated heterocycles. The molecule has 3 aromatic rings. The van der Waals surface area contributed by atoms with Gasteiger partial charge in [-0.3, -0.25) is 14.6 Å². The zero-order valence-electron chi connectivity index (χ0n) is 16.1. The van der Waals surface area contributed by atoms with Gasteiger partial charge >= 0.3 is 0 Å². The molecule has 2 heterocycles. The highest BCUT2D eigenvalue weighted by molar-refractivity contribution is 5.97. The molecule has 1 aliphatic heterocycles. The first kappa shape index (κ1) is 18.9. The van der Waals surface area contributed by atoms with Crippen LogP contribution in [0, 0.1) is 0 Å². The van der Waals surface area contributed by atoms with E-state index in [0.717, 1.165) is 12.0 Å². The second-order valence-corrected chi connectivity index (χ2v) is 7.24. The molecule has 0 spiro atoms. The van der Waals surface area contributed by atoms with E-state index in [9.17, 15) is 9.59 Å². The minimum atomic E-state index is -0.629. The van der Waals surface area contributed by atoms with E-state index in [4.69, 9.17) is 0 Å². The average molecular weight is 385 g/mol. The maximum Gasteiger partial charge on any atom is 0.253 e. The third-order valence-electron chi connectivity index (χ3n) is 5.25. The first-order valence-electron chi connectivity index (χ1n) is 9.81. The van der Waals surface area contributed by atoms with Crippen LogP contribution in [0.1, 0.15) is 27.0 Å². The van der Waals surface area contributed by atoms with Crippen molar-refractivity contribution in [2.45, 2.75) is 25.4 Å². The minimum absolute atomic E-state index is 0.0550. The molecule has 4 rings (SSSR count). The number of rotatable bonds is 5. The number of hydrogen-bond donors (Lipinski definition) is 1. The smallest absolute Gasteiger partial charge is 0.253 e. The van der Waals surface area contributed by atoms with Gasteiger partial charge < -0.3 is 10.2 Å². The molecule has 2 amide bonds. The predicted octanol–water partition coefficient (Wildman–Crippen LogP) is 3.01. The average Bonchev–Trinajstić information content (AvgIpc) is 2.79. The van der Waals surface area contributed by atoms with E-state index in [2.05, 4.69) is 22.4 Å². The van der Waals surface area contributed by atoms with Crippen LogP contribution in [0.25, 0.3) is 0 Å². The molecule has 5 heteroatoms. The number of amides is 2. The van der Waals surface area contributed by atoms with Gasteiger partial charge in [-0.15, -0.1) is 0 Å². The third-order valence-corrected chi connectivity index (χ3v) is 5.25. The lowest BCUT2D eigenvalue weighted by Crippen LogP contribution is -2.50. The second kappa shape index (κ2) is 8.69. The zero-order chi connectivity index (χ0) is 20.1. The summed E-state index contributed by atoms with van der Waals surface area (Å²) in [7, 11) is 0. The quantitative estimate of drug-likeness (QED) is 0.734. The summed E-state index contributed by atoms with van der Waals surface area (Å²) in [6.07, 6.45) is 4.41. The van der Waals surface area contributed by atoms with Gasteiger partial charge in [-0.2, -0.15) is 0 Å². The van der Waals surface area contributed by atoms with E-state index in [1.807, 2.05) is 47.4 Å². The fraction of sp³-hybridized carbons (Fsp3) is 0.208. The highest BCUT2D eigenvalue weighted by Crippen LogP contribution is 2.20. The Kier molecular flexibility index (Phi) is 5.66. The van der Waals surface area contributed by atoms with Crippen LogP contribution in [0.4, 0.5) is 0 Å². The summed E-state index contributed by atoms with van der Waals surface area (Å²) in [5.74, 6) is -0.342. The van der Waals surface area contributed by atoms with Gasteiger partial charge in [0, 0.05) is 31.9 Å². The normalized spacial score (nSPS) is 14.0. The molecule has 146 valence electrons. The SMILES string of the molecule is O=C(NC(Cc1ccccc1)C(=O)N1CCc2ccccc2C1)c1cccnc1. The molecule has 1 aromatic heterocycles. The van der Waals surface area contributed by atoms with Crippen molar-refractivity contribution in [2.75, 3.05) is 6.54 Å². The van der Waals surface area contributed by atoms with Crippen LogP contribution in [0.5, 0.6) is 0 Å². The largest absolute Gasteiger partial charge is 0.340 e. The molecule has 1 unspecified atom stereocenters. The molecule has 29 heavy (non-hydrogen) atoms. The molecular formula is C24H23N3O2. The summed E-state index contributed by atoms with van der Waals surface area (Å²) in [5.41, 5.74) is 3.91. The van der Waals surface area contributed by atoms with Crippen LogP contribution in [-0.2, 0) is 24.2 Å². The number of nitrogens with zero attached hydrogens (tertiary/aromatic N) is 2. The Balaban J connectivity index is 1.54. The minimum Gasteiger partial charge on any atom is -0.340 e. The number of aromatic nitrogens is 1. The summed E-state index contributed by atoms with van der Waals surface area (Å²) in [4.78, 5) is 31.9. The molecule has 1 aliphatic rings. The number of pyridine rings is 1. The monoisotopic (exact) mass is 385 g/mol. The van der Waals surface area contributed by atoms with Crippen molar-refractivity contribution in [3.8, 4) is 0 Å². The molecule has 5 nitrogen and oxygen atoms in total. The topological polar surface area (TPSA) is 62.3 Å². The van der Waals surface area contributed by atoms with Crippen LogP contribution >= 0.6 is 0 Å². The van der Waals surface area contributed by atoms with Gasteiger partial charge in [0.2, 0.25) is 5.91 Å². The fourth-order valence-corrected chi connectivity index (χ4v) is 3.69. The second-order valence-electron chi connectivity index (χ2n) is 7.24. The highest BCUT2D eigenvalue weighted by Gasteiger charge is 2.29. The Morgan fingerprint density at radius 2 is 1.72 bits per heavy atom. The molecule has 0 radical (unpaired) electrons. The molecule has 0 fully saturated rings. The maximum absolute atomic E-state index is 13.4. The molecule has 2 aromatic carbocycles. The zero-order valence-corrected chi connectivity index (χ0v) is 16.1. The first-order chi connectivity index (χ1) is 14.2. The van der Waals surface area contributed by atoms with E-state index >= 15 is 0 Å². The Labute approximate surface area is 170 Å². The summed E-state index contributed by atoms with van der Waals surface area (Å²) < 4.78 is 0. The highest BCUT2D eigenvalue weighted by atomic mass is 16.2. The molecular weight excluding hydrogens is 362 g/mol. The lowest BCUT2D eigenvalue weighted by atomic mass is 9.98. The number of hydrogen-bond acceptors (Lipinski definition) is 3. The van der Waals surface area contributed by atoms with Crippen LogP contribution in [0.15, 0.2) is 79.1 Å². The van der Waals surface area contributed by atoms with E-state index in [0.29, 0.717) is 25.1 Å². The number of fused-ring (bicyclic) bond motifs is 1. The summed E-state index contributed by atoms with van der Waals surface area (Å²) in [6, 6.07) is 20.8. The van der Waals surface area contributed by atoms with E-state index in [1.54, 1.807) is 18.3 Å². The molecule has 0 saturated carbocycles. The summed E-state index contributed by atoms with van der Waals surface area (Å²) in [6.45, 7) is 1.23. The van der Waals surface area contributed by atoms with Crippen molar-refractivity contribution in [1.82, 2.24) is 15.2 Å². The number of carbonyl (C=O) groups excluding carboxylic acids is 2. The van der Waals surface area contributed by atoms with Crippen LogP contribution in [-0.4, -0.2) is 34.3 Å². The van der Waals surface area contributed by atoms with E-state index < -0.39 is 6.04 Å². The van der Waals surface area contributed by atoms with Gasteiger partial charge in [0.25, 0.3) is 5.91 Å². The van der Waals surface area contributed by atoms with Gasteiger partial charge in [0.05, 0.1) is 5.56 Å². The summed E-state index contributed by atoms with van der Waals surface area (Å²) >= 11 is 0. The standard InChI is InChI=1S/C24H23N3O2/c28-23(20-11-6-13-25-16-20)26-22(15-18-7-2-1-3-8-18)24(29)27-14-12-19-9-4-5-10-21(19)17-27/h1-11,13,16,22H,12,14-15,17H2,(H,26,28). The fourth-order valence-electron chi connectivity index (χ4n) is 3.69. The van der Waals surface area contributed by atoms with Crippen LogP contribution < -0.4 is 5.32 Å². The van der Waals surface area contributed by atoms with Gasteiger partial charge in [0.15, 0.2) is 0 Å². The van der Waals surface area contributed by atoms with Gasteiger partial charge in [-0.25, -0.2) is 0 Å². The number of benzene rings is 2. The van der Waals surface area contributed by atoms with Crippen molar-refractivity contribution in [3.63, 3.8) is 0 Å². The maximum atomic E-state index is 13.4. The van der Waals surface area contributed by atoms with E-state index in [-0.39, 0.29) is 11.8 Å². The Hall–Kier alpha value is -3.47. The molecule has 1 atom stereocenters. The summed E-state index contributed by atoms with van der Waals surface area (Å²) in [5, 5.41) is 2.93. The lowest BCUT2D eigenvalue weighted by Gasteiger charge is -2.32.